The van der Waals surface area contributed by atoms with Crippen LogP contribution in [0.4, 0.5) is 0 Å². The highest BCUT2D eigenvalue weighted by molar-refractivity contribution is 6.30. The third kappa shape index (κ3) is 3.24. The number of rotatable bonds is 4. The standard InChI is InChI=1S/C17H21ClO2/c1-11(2)8-14-15(17(14,3)4)16(19)20-10-12-6-5-7-13(18)9-12/h5-9,14-15H,10H2,1-4H3. The van der Waals surface area contributed by atoms with Gasteiger partial charge in [0.15, 0.2) is 0 Å². The maximum Gasteiger partial charge on any atom is 0.310 e. The molecule has 2 rings (SSSR count). The summed E-state index contributed by atoms with van der Waals surface area (Å²) in [6, 6.07) is 7.39. The van der Waals surface area contributed by atoms with E-state index in [0.29, 0.717) is 10.9 Å². The van der Waals surface area contributed by atoms with Gasteiger partial charge in [-0.05, 0) is 42.9 Å². The van der Waals surface area contributed by atoms with Gasteiger partial charge in [-0.1, -0.05) is 49.2 Å². The van der Waals surface area contributed by atoms with Crippen molar-refractivity contribution < 1.29 is 9.53 Å². The van der Waals surface area contributed by atoms with Crippen LogP contribution in [-0.4, -0.2) is 5.97 Å². The molecule has 0 saturated heterocycles. The molecule has 0 amide bonds. The lowest BCUT2D eigenvalue weighted by atomic mass is 10.1. The smallest absolute Gasteiger partial charge is 0.310 e. The van der Waals surface area contributed by atoms with Crippen molar-refractivity contribution in [2.75, 3.05) is 0 Å². The van der Waals surface area contributed by atoms with Gasteiger partial charge in [-0.15, -0.1) is 0 Å². The number of carbonyl (C=O) groups excluding carboxylic acids is 1. The largest absolute Gasteiger partial charge is 0.461 e. The average molecular weight is 293 g/mol. The molecule has 1 aromatic carbocycles. The van der Waals surface area contributed by atoms with E-state index >= 15 is 0 Å². The Labute approximate surface area is 125 Å². The van der Waals surface area contributed by atoms with E-state index in [1.807, 2.05) is 24.3 Å². The van der Waals surface area contributed by atoms with Crippen molar-refractivity contribution in [1.82, 2.24) is 0 Å². The highest BCUT2D eigenvalue weighted by Gasteiger charge is 2.61. The molecule has 1 aliphatic carbocycles. The van der Waals surface area contributed by atoms with Crippen LogP contribution in [0, 0.1) is 17.3 Å². The molecule has 1 saturated carbocycles. The first-order valence-electron chi connectivity index (χ1n) is 6.88. The summed E-state index contributed by atoms with van der Waals surface area (Å²) in [7, 11) is 0. The number of carbonyl (C=O) groups is 1. The summed E-state index contributed by atoms with van der Waals surface area (Å²) in [5.41, 5.74) is 2.17. The summed E-state index contributed by atoms with van der Waals surface area (Å²) < 4.78 is 5.43. The number of allylic oxidation sites excluding steroid dienone is 2. The van der Waals surface area contributed by atoms with Gasteiger partial charge in [0.25, 0.3) is 0 Å². The Bertz CT molecular complexity index is 542. The minimum absolute atomic E-state index is 0.00266. The lowest BCUT2D eigenvalue weighted by Crippen LogP contribution is -2.10. The average Bonchev–Trinajstić information content (AvgIpc) is 2.87. The van der Waals surface area contributed by atoms with E-state index in [4.69, 9.17) is 16.3 Å². The molecule has 20 heavy (non-hydrogen) atoms. The Kier molecular flexibility index (Phi) is 4.24. The fourth-order valence-electron chi connectivity index (χ4n) is 2.67. The van der Waals surface area contributed by atoms with Gasteiger partial charge in [0.2, 0.25) is 0 Å². The summed E-state index contributed by atoms with van der Waals surface area (Å²) in [5.74, 6) is 0.147. The fourth-order valence-corrected chi connectivity index (χ4v) is 2.88. The fraction of sp³-hybridized carbons (Fsp3) is 0.471. The van der Waals surface area contributed by atoms with Crippen molar-refractivity contribution >= 4 is 17.6 Å². The lowest BCUT2D eigenvalue weighted by molar-refractivity contribution is -0.147. The number of benzene rings is 1. The molecular formula is C17H21ClO2. The molecule has 1 aromatic rings. The molecule has 0 heterocycles. The lowest BCUT2D eigenvalue weighted by Gasteiger charge is -2.06. The monoisotopic (exact) mass is 292 g/mol. The van der Waals surface area contributed by atoms with Gasteiger partial charge in [-0.25, -0.2) is 0 Å². The van der Waals surface area contributed by atoms with Crippen molar-refractivity contribution in [1.29, 1.82) is 0 Å². The van der Waals surface area contributed by atoms with E-state index in [9.17, 15) is 4.79 Å². The van der Waals surface area contributed by atoms with Gasteiger partial charge < -0.3 is 4.74 Å². The molecule has 1 fully saturated rings. The Morgan fingerprint density at radius 1 is 1.40 bits per heavy atom. The molecule has 0 aromatic heterocycles. The van der Waals surface area contributed by atoms with Crippen LogP contribution in [0.25, 0.3) is 0 Å². The second kappa shape index (κ2) is 5.61. The maximum absolute atomic E-state index is 12.2. The van der Waals surface area contributed by atoms with Crippen LogP contribution in [0.1, 0.15) is 33.3 Å². The minimum atomic E-state index is -0.113. The summed E-state index contributed by atoms with van der Waals surface area (Å²) in [5, 5.41) is 0.660. The highest BCUT2D eigenvalue weighted by Crippen LogP contribution is 2.59. The highest BCUT2D eigenvalue weighted by atomic mass is 35.5. The molecule has 2 nitrogen and oxygen atoms in total. The van der Waals surface area contributed by atoms with Gasteiger partial charge >= 0.3 is 5.97 Å². The first kappa shape index (κ1) is 15.1. The Balaban J connectivity index is 1.95. The molecule has 3 heteroatoms. The van der Waals surface area contributed by atoms with Gasteiger partial charge in [0, 0.05) is 5.02 Å². The van der Waals surface area contributed by atoms with E-state index in [1.165, 1.54) is 5.57 Å². The topological polar surface area (TPSA) is 26.3 Å². The second-order valence-electron chi connectivity index (χ2n) is 6.31. The van der Waals surface area contributed by atoms with Crippen molar-refractivity contribution in [2.45, 2.75) is 34.3 Å². The zero-order valence-corrected chi connectivity index (χ0v) is 13.2. The van der Waals surface area contributed by atoms with Crippen LogP contribution in [0.3, 0.4) is 0 Å². The number of ether oxygens (including phenoxy) is 1. The van der Waals surface area contributed by atoms with E-state index in [0.717, 1.165) is 5.56 Å². The summed E-state index contributed by atoms with van der Waals surface area (Å²) >= 11 is 5.91. The van der Waals surface area contributed by atoms with Crippen LogP contribution in [-0.2, 0) is 16.1 Å². The Morgan fingerprint density at radius 3 is 2.70 bits per heavy atom. The van der Waals surface area contributed by atoms with E-state index in [-0.39, 0.29) is 23.9 Å². The van der Waals surface area contributed by atoms with Gasteiger partial charge in [-0.3, -0.25) is 4.79 Å². The van der Waals surface area contributed by atoms with Crippen molar-refractivity contribution in [3.05, 3.63) is 46.5 Å². The minimum Gasteiger partial charge on any atom is -0.461 e. The van der Waals surface area contributed by atoms with E-state index < -0.39 is 0 Å². The SMILES string of the molecule is CC(C)=CC1C(C(=O)OCc2cccc(Cl)c2)C1(C)C. The molecule has 108 valence electrons. The number of hydrogen-bond donors (Lipinski definition) is 0. The molecule has 0 bridgehead atoms. The zero-order chi connectivity index (χ0) is 14.9. The van der Waals surface area contributed by atoms with Crippen molar-refractivity contribution in [2.24, 2.45) is 17.3 Å². The first-order chi connectivity index (χ1) is 9.32. The van der Waals surface area contributed by atoms with Crippen LogP contribution in [0.15, 0.2) is 35.9 Å². The quantitative estimate of drug-likeness (QED) is 0.598. The van der Waals surface area contributed by atoms with E-state index in [1.54, 1.807) is 0 Å². The second-order valence-corrected chi connectivity index (χ2v) is 6.74. The predicted octanol–water partition coefficient (Wildman–Crippen LogP) is 4.62. The molecule has 2 atom stereocenters. The van der Waals surface area contributed by atoms with Crippen LogP contribution in [0.5, 0.6) is 0 Å². The molecule has 2 unspecified atom stereocenters. The van der Waals surface area contributed by atoms with Crippen molar-refractivity contribution in [3.8, 4) is 0 Å². The van der Waals surface area contributed by atoms with Gasteiger partial charge in [0.05, 0.1) is 5.92 Å². The van der Waals surface area contributed by atoms with Crippen LogP contribution in [0.2, 0.25) is 5.02 Å². The molecule has 1 aliphatic rings. The molecule has 0 N–H and O–H groups in total. The van der Waals surface area contributed by atoms with Crippen LogP contribution >= 0.6 is 11.6 Å². The molecule has 0 radical (unpaired) electrons. The Morgan fingerprint density at radius 2 is 2.10 bits per heavy atom. The van der Waals surface area contributed by atoms with Crippen molar-refractivity contribution in [3.63, 3.8) is 0 Å². The maximum atomic E-state index is 12.2. The summed E-state index contributed by atoms with van der Waals surface area (Å²) in [6.07, 6.45) is 2.17. The summed E-state index contributed by atoms with van der Waals surface area (Å²) in [4.78, 5) is 12.2. The molecule has 0 spiro atoms. The molecular weight excluding hydrogens is 272 g/mol. The third-order valence-electron chi connectivity index (χ3n) is 3.95. The molecule has 0 aliphatic heterocycles. The number of hydrogen-bond acceptors (Lipinski definition) is 2. The van der Waals surface area contributed by atoms with Gasteiger partial charge in [-0.2, -0.15) is 0 Å². The zero-order valence-electron chi connectivity index (χ0n) is 12.4. The number of halogens is 1. The van der Waals surface area contributed by atoms with Crippen LogP contribution < -0.4 is 0 Å². The van der Waals surface area contributed by atoms with Gasteiger partial charge in [0.1, 0.15) is 6.61 Å². The number of esters is 1. The first-order valence-corrected chi connectivity index (χ1v) is 7.26. The normalized spacial score (nSPS) is 23.1. The Hall–Kier alpha value is -1.28. The third-order valence-corrected chi connectivity index (χ3v) is 4.18. The summed E-state index contributed by atoms with van der Waals surface area (Å²) in [6.45, 7) is 8.63. The van der Waals surface area contributed by atoms with E-state index in [2.05, 4.69) is 33.8 Å². The predicted molar refractivity (Wildman–Crippen MR) is 81.4 cm³/mol.